The number of aromatic hydroxyl groups is 1. The van der Waals surface area contributed by atoms with Gasteiger partial charge in [-0.05, 0) is 62.6 Å². The molecule has 1 aromatic heterocycles. The standard InChI is InChI=1S/C22H29Cl2N3O3S/c1-22(2,31(25)29)12-17(16-10-18(23)19(24)11-20(16)28)14-6-8-27(9-7-14)15-4-5-21(30-3)26-13-15/h4-5,10-11,13-14,17,28H,6-9,12,25H2,1-3H3/t17-,31?/m1/s1. The SMILES string of the molecule is COc1ccc(N2CCC([C@@H](CC(C)(C)S(N)=O)c3cc(Cl)c(Cl)cc3O)CC2)cn1. The van der Waals surface area contributed by atoms with Crippen LogP contribution in [0.5, 0.6) is 11.6 Å². The molecular formula is C22H29Cl2N3O3S. The van der Waals surface area contributed by atoms with Gasteiger partial charge in [-0.25, -0.2) is 9.19 Å². The van der Waals surface area contributed by atoms with Crippen LogP contribution in [0.25, 0.3) is 0 Å². The van der Waals surface area contributed by atoms with E-state index in [2.05, 4.69) is 9.88 Å². The summed E-state index contributed by atoms with van der Waals surface area (Å²) in [7, 11) is 0.0969. The maximum Gasteiger partial charge on any atom is 0.213 e. The van der Waals surface area contributed by atoms with Gasteiger partial charge in [0.05, 0.1) is 44.8 Å². The van der Waals surface area contributed by atoms with Crippen molar-refractivity contribution >= 4 is 39.9 Å². The van der Waals surface area contributed by atoms with Crippen molar-refractivity contribution in [3.05, 3.63) is 46.1 Å². The number of nitrogens with two attached hydrogens (primary N) is 1. The molecule has 2 heterocycles. The van der Waals surface area contributed by atoms with E-state index in [9.17, 15) is 9.32 Å². The van der Waals surface area contributed by atoms with Crippen LogP contribution < -0.4 is 14.8 Å². The number of benzene rings is 1. The van der Waals surface area contributed by atoms with E-state index in [0.717, 1.165) is 37.2 Å². The lowest BCUT2D eigenvalue weighted by molar-refractivity contribution is 0.304. The van der Waals surface area contributed by atoms with Crippen LogP contribution in [0.3, 0.4) is 0 Å². The number of methoxy groups -OCH3 is 1. The van der Waals surface area contributed by atoms with Crippen molar-refractivity contribution < 1.29 is 14.1 Å². The molecule has 1 unspecified atom stereocenters. The van der Waals surface area contributed by atoms with Crippen LogP contribution in [-0.2, 0) is 11.0 Å². The van der Waals surface area contributed by atoms with Gasteiger partial charge in [-0.1, -0.05) is 23.2 Å². The highest BCUT2D eigenvalue weighted by Crippen LogP contribution is 2.45. The molecule has 2 atom stereocenters. The minimum atomic E-state index is -1.50. The van der Waals surface area contributed by atoms with E-state index in [-0.39, 0.29) is 17.6 Å². The van der Waals surface area contributed by atoms with E-state index in [1.165, 1.54) is 6.07 Å². The topological polar surface area (TPSA) is 88.7 Å². The first-order chi connectivity index (χ1) is 14.6. The summed E-state index contributed by atoms with van der Waals surface area (Å²) in [6.07, 6.45) is 4.20. The van der Waals surface area contributed by atoms with E-state index in [1.807, 2.05) is 32.2 Å². The molecule has 0 spiro atoms. The highest BCUT2D eigenvalue weighted by molar-refractivity contribution is 7.84. The molecule has 0 bridgehead atoms. The molecule has 9 heteroatoms. The smallest absolute Gasteiger partial charge is 0.213 e. The number of phenols is 1. The lowest BCUT2D eigenvalue weighted by Crippen LogP contribution is -2.39. The summed E-state index contributed by atoms with van der Waals surface area (Å²) in [5.74, 6) is 0.924. The quantitative estimate of drug-likeness (QED) is 0.582. The fourth-order valence-corrected chi connectivity index (χ4v) is 4.91. The summed E-state index contributed by atoms with van der Waals surface area (Å²) >= 11 is 12.4. The third-order valence-electron chi connectivity index (χ3n) is 6.13. The van der Waals surface area contributed by atoms with E-state index in [4.69, 9.17) is 33.1 Å². The number of rotatable bonds is 7. The van der Waals surface area contributed by atoms with Gasteiger partial charge in [0.1, 0.15) is 5.75 Å². The maximum atomic E-state index is 12.2. The van der Waals surface area contributed by atoms with Crippen LogP contribution in [0, 0.1) is 5.92 Å². The minimum absolute atomic E-state index is 0.0478. The first-order valence-corrected chi connectivity index (χ1v) is 12.2. The Morgan fingerprint density at radius 1 is 1.29 bits per heavy atom. The van der Waals surface area contributed by atoms with Crippen molar-refractivity contribution in [2.75, 3.05) is 25.1 Å². The van der Waals surface area contributed by atoms with Crippen molar-refractivity contribution in [2.24, 2.45) is 11.1 Å². The van der Waals surface area contributed by atoms with E-state index < -0.39 is 15.7 Å². The Labute approximate surface area is 196 Å². The number of aromatic nitrogens is 1. The Hall–Kier alpha value is -1.54. The molecule has 0 amide bonds. The largest absolute Gasteiger partial charge is 0.508 e. The van der Waals surface area contributed by atoms with Crippen molar-refractivity contribution in [2.45, 2.75) is 43.8 Å². The van der Waals surface area contributed by atoms with Crippen molar-refractivity contribution in [1.82, 2.24) is 4.98 Å². The van der Waals surface area contributed by atoms with E-state index in [0.29, 0.717) is 22.3 Å². The van der Waals surface area contributed by atoms with Gasteiger partial charge in [0.15, 0.2) is 0 Å². The molecule has 3 rings (SSSR count). The summed E-state index contributed by atoms with van der Waals surface area (Å²) in [6, 6.07) is 7.09. The average molecular weight is 486 g/mol. The molecule has 3 N–H and O–H groups in total. The number of piperidine rings is 1. The Morgan fingerprint density at radius 2 is 1.94 bits per heavy atom. The van der Waals surface area contributed by atoms with Crippen LogP contribution in [0.15, 0.2) is 30.5 Å². The van der Waals surface area contributed by atoms with Crippen LogP contribution in [0.4, 0.5) is 5.69 Å². The molecule has 170 valence electrons. The van der Waals surface area contributed by atoms with Gasteiger partial charge in [0, 0.05) is 25.2 Å². The summed E-state index contributed by atoms with van der Waals surface area (Å²) in [5.41, 5.74) is 1.79. The predicted octanol–water partition coefficient (Wildman–Crippen LogP) is 4.89. The molecule has 0 aliphatic carbocycles. The second-order valence-corrected chi connectivity index (χ2v) is 11.1. The fourth-order valence-electron chi connectivity index (χ4n) is 4.23. The van der Waals surface area contributed by atoms with E-state index in [1.54, 1.807) is 13.2 Å². The molecule has 0 radical (unpaired) electrons. The predicted molar refractivity (Wildman–Crippen MR) is 128 cm³/mol. The molecule has 1 fully saturated rings. The normalized spacial score (nSPS) is 17.4. The zero-order chi connectivity index (χ0) is 22.8. The van der Waals surface area contributed by atoms with Gasteiger partial charge in [0.25, 0.3) is 0 Å². The number of anilines is 1. The van der Waals surface area contributed by atoms with Crippen molar-refractivity contribution in [3.8, 4) is 11.6 Å². The molecular weight excluding hydrogens is 457 g/mol. The molecule has 2 aromatic rings. The average Bonchev–Trinajstić information content (AvgIpc) is 2.75. The highest BCUT2D eigenvalue weighted by Gasteiger charge is 2.36. The van der Waals surface area contributed by atoms with Gasteiger partial charge in [-0.3, -0.25) is 5.14 Å². The molecule has 31 heavy (non-hydrogen) atoms. The summed E-state index contributed by atoms with van der Waals surface area (Å²) < 4.78 is 16.7. The number of hydrogen-bond acceptors (Lipinski definition) is 5. The molecule has 1 aromatic carbocycles. The lowest BCUT2D eigenvalue weighted by Gasteiger charge is -2.39. The van der Waals surface area contributed by atoms with Crippen molar-refractivity contribution in [3.63, 3.8) is 0 Å². The maximum absolute atomic E-state index is 12.2. The van der Waals surface area contributed by atoms with Gasteiger partial charge >= 0.3 is 0 Å². The number of pyridine rings is 1. The third kappa shape index (κ3) is 5.64. The summed E-state index contributed by atoms with van der Waals surface area (Å²) in [4.78, 5) is 6.59. The Morgan fingerprint density at radius 3 is 2.48 bits per heavy atom. The summed E-state index contributed by atoms with van der Waals surface area (Å²) in [6.45, 7) is 5.48. The van der Waals surface area contributed by atoms with Gasteiger partial charge < -0.3 is 14.7 Å². The number of nitrogens with zero attached hydrogens (tertiary/aromatic N) is 2. The van der Waals surface area contributed by atoms with Crippen LogP contribution >= 0.6 is 23.2 Å². The van der Waals surface area contributed by atoms with Gasteiger partial charge in [0.2, 0.25) is 5.88 Å². The van der Waals surface area contributed by atoms with Crippen LogP contribution in [0.1, 0.15) is 44.6 Å². The van der Waals surface area contributed by atoms with Gasteiger partial charge in [-0.2, -0.15) is 0 Å². The minimum Gasteiger partial charge on any atom is -0.508 e. The second-order valence-electron chi connectivity index (χ2n) is 8.58. The molecule has 6 nitrogen and oxygen atoms in total. The number of phenolic OH excluding ortho intramolecular Hbond substituents is 1. The van der Waals surface area contributed by atoms with Crippen molar-refractivity contribution in [1.29, 1.82) is 0 Å². The first kappa shape index (κ1) is 24.1. The zero-order valence-corrected chi connectivity index (χ0v) is 20.3. The highest BCUT2D eigenvalue weighted by atomic mass is 35.5. The molecule has 1 aliphatic heterocycles. The number of halogens is 2. The Kier molecular flexibility index (Phi) is 7.73. The molecule has 0 saturated carbocycles. The summed E-state index contributed by atoms with van der Waals surface area (Å²) in [5, 5.41) is 17.1. The monoisotopic (exact) mass is 485 g/mol. The molecule has 1 aliphatic rings. The Balaban J connectivity index is 1.83. The number of hydrogen-bond donors (Lipinski definition) is 2. The zero-order valence-electron chi connectivity index (χ0n) is 18.0. The molecule has 1 saturated heterocycles. The van der Waals surface area contributed by atoms with E-state index >= 15 is 0 Å². The van der Waals surface area contributed by atoms with Crippen LogP contribution in [-0.4, -0.2) is 39.2 Å². The lowest BCUT2D eigenvalue weighted by atomic mass is 9.75. The second kappa shape index (κ2) is 9.94. The van der Waals surface area contributed by atoms with Gasteiger partial charge in [-0.15, -0.1) is 0 Å². The van der Waals surface area contributed by atoms with Crippen LogP contribution in [0.2, 0.25) is 10.0 Å². The fraction of sp³-hybridized carbons (Fsp3) is 0.500. The first-order valence-electron chi connectivity index (χ1n) is 10.2. The Bertz CT molecular complexity index is 932. The third-order valence-corrected chi connectivity index (χ3v) is 8.11. The number of ether oxygens (including phenoxy) is 1.